The maximum absolute atomic E-state index is 14.9. The van der Waals surface area contributed by atoms with E-state index in [4.69, 9.17) is 5.53 Å². The molecule has 0 saturated carbocycles. The van der Waals surface area contributed by atoms with Crippen molar-refractivity contribution in [2.45, 2.75) is 31.2 Å². The normalized spacial score (nSPS) is 14.3. The standard InChI is InChI=1S/C17H15F5N4O2/c1-15(2,27)11-7-12(16(28,8-24-26-23)17(20,21)22)25-14(13(11)19)9-3-5-10(18)6-4-9/h3-7,27-28H,8H2,1-2H3/t16-/m0/s1. The van der Waals surface area contributed by atoms with Crippen molar-refractivity contribution in [3.63, 3.8) is 0 Å². The summed E-state index contributed by atoms with van der Waals surface area (Å²) in [5, 5.41) is 23.2. The summed E-state index contributed by atoms with van der Waals surface area (Å²) in [5.41, 5.74) is 0.290. The van der Waals surface area contributed by atoms with E-state index in [1.54, 1.807) is 0 Å². The van der Waals surface area contributed by atoms with Crippen molar-refractivity contribution in [3.05, 3.63) is 63.7 Å². The van der Waals surface area contributed by atoms with Crippen LogP contribution in [0.2, 0.25) is 0 Å². The number of pyridine rings is 1. The number of azide groups is 1. The lowest BCUT2D eigenvalue weighted by Crippen LogP contribution is -2.46. The number of nitrogens with zero attached hydrogens (tertiary/aromatic N) is 4. The third-order valence-electron chi connectivity index (χ3n) is 3.99. The Kier molecular flexibility index (Phi) is 5.65. The van der Waals surface area contributed by atoms with E-state index in [9.17, 15) is 32.2 Å². The summed E-state index contributed by atoms with van der Waals surface area (Å²) in [6.07, 6.45) is -5.33. The van der Waals surface area contributed by atoms with Gasteiger partial charge in [-0.15, -0.1) is 0 Å². The smallest absolute Gasteiger partial charge is 0.386 e. The van der Waals surface area contributed by atoms with E-state index in [0.717, 1.165) is 38.1 Å². The van der Waals surface area contributed by atoms with E-state index >= 15 is 0 Å². The molecule has 11 heteroatoms. The second-order valence-corrected chi connectivity index (χ2v) is 6.53. The zero-order valence-corrected chi connectivity index (χ0v) is 14.7. The van der Waals surface area contributed by atoms with Gasteiger partial charge in [0.25, 0.3) is 0 Å². The first-order valence-corrected chi connectivity index (χ1v) is 7.81. The second-order valence-electron chi connectivity index (χ2n) is 6.53. The van der Waals surface area contributed by atoms with Gasteiger partial charge in [0, 0.05) is 16.0 Å². The molecule has 150 valence electrons. The average Bonchev–Trinajstić information content (AvgIpc) is 2.58. The van der Waals surface area contributed by atoms with Crippen molar-refractivity contribution in [2.75, 3.05) is 6.54 Å². The molecule has 1 aromatic heterocycles. The molecule has 1 heterocycles. The first-order valence-electron chi connectivity index (χ1n) is 7.81. The molecule has 1 aromatic carbocycles. The minimum atomic E-state index is -5.33. The highest BCUT2D eigenvalue weighted by Gasteiger charge is 2.56. The quantitative estimate of drug-likeness (QED) is 0.337. The van der Waals surface area contributed by atoms with E-state index in [-0.39, 0.29) is 5.56 Å². The molecule has 0 radical (unpaired) electrons. The summed E-state index contributed by atoms with van der Waals surface area (Å²) in [4.78, 5) is 5.79. The molecule has 0 aliphatic rings. The van der Waals surface area contributed by atoms with E-state index in [1.807, 2.05) is 0 Å². The molecule has 2 aromatic rings. The van der Waals surface area contributed by atoms with Gasteiger partial charge in [-0.1, -0.05) is 5.11 Å². The first kappa shape index (κ1) is 21.5. The summed E-state index contributed by atoms with van der Waals surface area (Å²) in [5.74, 6) is -1.81. The molecule has 0 spiro atoms. The van der Waals surface area contributed by atoms with Gasteiger partial charge in [-0.05, 0) is 49.7 Å². The Hall–Kier alpha value is -2.75. The molecule has 0 saturated heterocycles. The molecule has 0 aliphatic carbocycles. The molecule has 0 bridgehead atoms. The lowest BCUT2D eigenvalue weighted by Gasteiger charge is -2.30. The van der Waals surface area contributed by atoms with Gasteiger partial charge in [0.2, 0.25) is 5.60 Å². The maximum Gasteiger partial charge on any atom is 0.423 e. The number of alkyl halides is 3. The van der Waals surface area contributed by atoms with Crippen molar-refractivity contribution in [1.29, 1.82) is 0 Å². The molecule has 0 unspecified atom stereocenters. The van der Waals surface area contributed by atoms with Gasteiger partial charge in [0.1, 0.15) is 11.5 Å². The molecular formula is C17H15F5N4O2. The van der Waals surface area contributed by atoms with Crippen LogP contribution in [0.3, 0.4) is 0 Å². The van der Waals surface area contributed by atoms with Gasteiger partial charge < -0.3 is 10.2 Å². The van der Waals surface area contributed by atoms with Gasteiger partial charge in [-0.2, -0.15) is 13.2 Å². The van der Waals surface area contributed by atoms with Crippen LogP contribution in [0.25, 0.3) is 21.7 Å². The predicted molar refractivity (Wildman–Crippen MR) is 88.8 cm³/mol. The molecule has 6 nitrogen and oxygen atoms in total. The highest BCUT2D eigenvalue weighted by atomic mass is 19.4. The zero-order valence-electron chi connectivity index (χ0n) is 14.7. The number of aliphatic hydroxyl groups is 2. The zero-order chi connectivity index (χ0) is 21.3. The number of halogens is 5. The highest BCUT2D eigenvalue weighted by Crippen LogP contribution is 2.41. The van der Waals surface area contributed by atoms with E-state index in [2.05, 4.69) is 15.0 Å². The predicted octanol–water partition coefficient (Wildman–Crippen LogP) is 4.31. The van der Waals surface area contributed by atoms with E-state index < -0.39 is 52.5 Å². The Labute approximate surface area is 155 Å². The molecular weight excluding hydrogens is 387 g/mol. The summed E-state index contributed by atoms with van der Waals surface area (Å²) < 4.78 is 68.7. The fourth-order valence-corrected chi connectivity index (χ4v) is 2.44. The summed E-state index contributed by atoms with van der Waals surface area (Å²) in [6, 6.07) is 4.62. The molecule has 0 amide bonds. The minimum absolute atomic E-state index is 0.0837. The SMILES string of the molecule is CC(C)(O)c1cc([C@@](O)(CN=[N+]=[N-])C(F)(F)F)nc(-c2ccc(F)cc2)c1F. The second kappa shape index (κ2) is 7.34. The Morgan fingerprint density at radius 3 is 2.14 bits per heavy atom. The number of aromatic nitrogens is 1. The average molecular weight is 402 g/mol. The van der Waals surface area contributed by atoms with Crippen LogP contribution in [0, 0.1) is 11.6 Å². The molecule has 2 rings (SSSR count). The van der Waals surface area contributed by atoms with Gasteiger partial charge >= 0.3 is 6.18 Å². The third-order valence-corrected chi connectivity index (χ3v) is 3.99. The summed E-state index contributed by atoms with van der Waals surface area (Å²) in [6.45, 7) is 0.799. The fraction of sp³-hybridized carbons (Fsp3) is 0.353. The van der Waals surface area contributed by atoms with Gasteiger partial charge in [0.05, 0.1) is 17.8 Å². The number of hydrogen-bond donors (Lipinski definition) is 2. The van der Waals surface area contributed by atoms with Crippen LogP contribution in [0.5, 0.6) is 0 Å². The van der Waals surface area contributed by atoms with Gasteiger partial charge in [-0.25, -0.2) is 13.8 Å². The number of benzene rings is 1. The van der Waals surface area contributed by atoms with Crippen molar-refractivity contribution < 1.29 is 32.2 Å². The minimum Gasteiger partial charge on any atom is -0.386 e. The van der Waals surface area contributed by atoms with Crippen LogP contribution in [-0.4, -0.2) is 27.9 Å². The van der Waals surface area contributed by atoms with Crippen LogP contribution in [0.1, 0.15) is 25.1 Å². The van der Waals surface area contributed by atoms with Crippen LogP contribution in [0.4, 0.5) is 22.0 Å². The number of rotatable bonds is 5. The van der Waals surface area contributed by atoms with Crippen molar-refractivity contribution >= 4 is 0 Å². The topological polar surface area (TPSA) is 102 Å². The summed E-state index contributed by atoms with van der Waals surface area (Å²) in [7, 11) is 0. The maximum atomic E-state index is 14.9. The lowest BCUT2D eigenvalue weighted by atomic mass is 9.90. The van der Waals surface area contributed by atoms with E-state index in [1.165, 1.54) is 0 Å². The van der Waals surface area contributed by atoms with Crippen LogP contribution >= 0.6 is 0 Å². The largest absolute Gasteiger partial charge is 0.423 e. The molecule has 2 N–H and O–H groups in total. The first-order chi connectivity index (χ1) is 12.8. The van der Waals surface area contributed by atoms with Gasteiger partial charge in [-0.3, -0.25) is 0 Å². The van der Waals surface area contributed by atoms with Crippen LogP contribution in [0.15, 0.2) is 35.4 Å². The van der Waals surface area contributed by atoms with Crippen molar-refractivity contribution in [1.82, 2.24) is 4.98 Å². The molecule has 28 heavy (non-hydrogen) atoms. The summed E-state index contributed by atoms with van der Waals surface area (Å²) >= 11 is 0. The van der Waals surface area contributed by atoms with Crippen molar-refractivity contribution in [3.8, 4) is 11.3 Å². The Morgan fingerprint density at radius 1 is 1.11 bits per heavy atom. The Morgan fingerprint density at radius 2 is 1.68 bits per heavy atom. The van der Waals surface area contributed by atoms with Crippen molar-refractivity contribution in [2.24, 2.45) is 5.11 Å². The monoisotopic (exact) mass is 402 g/mol. The highest BCUT2D eigenvalue weighted by molar-refractivity contribution is 5.62. The Bertz CT molecular complexity index is 919. The number of hydrogen-bond acceptors (Lipinski definition) is 4. The Balaban J connectivity index is 2.86. The van der Waals surface area contributed by atoms with Gasteiger partial charge in [0.15, 0.2) is 5.82 Å². The van der Waals surface area contributed by atoms with Crippen LogP contribution < -0.4 is 0 Å². The molecule has 0 aliphatic heterocycles. The fourth-order valence-electron chi connectivity index (χ4n) is 2.44. The molecule has 0 fully saturated rings. The van der Waals surface area contributed by atoms with E-state index in [0.29, 0.717) is 6.07 Å². The van der Waals surface area contributed by atoms with Crippen LogP contribution in [-0.2, 0) is 11.2 Å². The third kappa shape index (κ3) is 4.06. The lowest BCUT2D eigenvalue weighted by molar-refractivity contribution is -0.263. The molecule has 1 atom stereocenters.